The third kappa shape index (κ3) is 8.81. The summed E-state index contributed by atoms with van der Waals surface area (Å²) in [6.07, 6.45) is -4.50. The first kappa shape index (κ1) is 28.6. The average Bonchev–Trinajstić information content (AvgIpc) is 2.81. The number of nitrogens with one attached hydrogen (secondary N) is 1. The van der Waals surface area contributed by atoms with E-state index >= 15 is 0 Å². The normalized spacial score (nSPS) is 12.3. The Hall–Kier alpha value is -2.99. The first-order valence-electron chi connectivity index (χ1n) is 11.3. The van der Waals surface area contributed by atoms with Crippen LogP contribution >= 0.6 is 11.8 Å². The first-order chi connectivity index (χ1) is 17.2. The number of ether oxygens (including phenoxy) is 2. The summed E-state index contributed by atoms with van der Waals surface area (Å²) >= 11 is 1.32. The Morgan fingerprint density at radius 1 is 0.919 bits per heavy atom. The van der Waals surface area contributed by atoms with E-state index in [2.05, 4.69) is 35.5 Å². The van der Waals surface area contributed by atoms with Crippen molar-refractivity contribution >= 4 is 27.5 Å². The molecule has 0 spiro atoms. The number of anilines is 1. The number of alkyl halides is 3. The van der Waals surface area contributed by atoms with Gasteiger partial charge in [0.2, 0.25) is 11.8 Å². The molecule has 2 aromatic carbocycles. The van der Waals surface area contributed by atoms with Crippen molar-refractivity contribution in [3.8, 4) is 11.8 Å². The summed E-state index contributed by atoms with van der Waals surface area (Å²) in [5.41, 5.74) is 1.33. The summed E-state index contributed by atoms with van der Waals surface area (Å²) in [5, 5.41) is 0. The topological polar surface area (TPSA) is 90.4 Å². The second-order valence-electron chi connectivity index (χ2n) is 8.99. The second kappa shape index (κ2) is 11.6. The maximum atomic E-state index is 12.8. The molecule has 7 nitrogen and oxygen atoms in total. The predicted molar refractivity (Wildman–Crippen MR) is 137 cm³/mol. The van der Waals surface area contributed by atoms with Crippen LogP contribution in [0.3, 0.4) is 0 Å². The molecule has 3 aromatic rings. The molecule has 1 N–H and O–H groups in total. The molecule has 0 fully saturated rings. The van der Waals surface area contributed by atoms with Gasteiger partial charge in [-0.1, -0.05) is 32.9 Å². The van der Waals surface area contributed by atoms with E-state index in [1.807, 2.05) is 0 Å². The van der Waals surface area contributed by atoms with Crippen molar-refractivity contribution in [2.45, 2.75) is 54.8 Å². The molecule has 0 bridgehead atoms. The number of halogens is 3. The molecule has 0 radical (unpaired) electrons. The smallest absolute Gasteiger partial charge is 0.422 e. The van der Waals surface area contributed by atoms with Gasteiger partial charge in [0.1, 0.15) is 5.82 Å². The van der Waals surface area contributed by atoms with Gasteiger partial charge in [0.25, 0.3) is 10.0 Å². The molecule has 0 atom stereocenters. The van der Waals surface area contributed by atoms with Gasteiger partial charge < -0.3 is 9.47 Å². The monoisotopic (exact) mass is 555 g/mol. The predicted octanol–water partition coefficient (Wildman–Crippen LogP) is 6.21. The molecular weight excluding hydrogens is 527 g/mol. The van der Waals surface area contributed by atoms with E-state index in [4.69, 9.17) is 9.47 Å². The molecule has 0 aliphatic carbocycles. The maximum absolute atomic E-state index is 12.8. The van der Waals surface area contributed by atoms with Crippen molar-refractivity contribution in [1.29, 1.82) is 0 Å². The van der Waals surface area contributed by atoms with Crippen molar-refractivity contribution in [2.75, 3.05) is 17.9 Å². The zero-order chi connectivity index (χ0) is 27.3. The van der Waals surface area contributed by atoms with E-state index in [1.165, 1.54) is 17.8 Å². The van der Waals surface area contributed by atoms with Gasteiger partial charge in [-0.05, 0) is 54.3 Å². The van der Waals surface area contributed by atoms with Gasteiger partial charge in [0.15, 0.2) is 6.61 Å². The lowest BCUT2D eigenvalue weighted by atomic mass is 9.87. The Kier molecular flexibility index (Phi) is 8.96. The Bertz CT molecular complexity index is 1290. The summed E-state index contributed by atoms with van der Waals surface area (Å²) < 4.78 is 75.6. The first-order valence-corrected chi connectivity index (χ1v) is 13.8. The quantitative estimate of drug-likeness (QED) is 0.298. The molecule has 0 unspecified atom stereocenters. The highest BCUT2D eigenvalue weighted by molar-refractivity contribution is 7.98. The van der Waals surface area contributed by atoms with Gasteiger partial charge in [-0.15, -0.1) is 11.8 Å². The minimum Gasteiger partial charge on any atom is -0.478 e. The lowest BCUT2D eigenvalue weighted by Gasteiger charge is -2.19. The van der Waals surface area contributed by atoms with Crippen LogP contribution in [0.15, 0.2) is 64.4 Å². The second-order valence-corrected chi connectivity index (χ2v) is 11.7. The van der Waals surface area contributed by atoms with Crippen molar-refractivity contribution in [2.24, 2.45) is 0 Å². The number of hydrogen-bond acceptors (Lipinski definition) is 7. The lowest BCUT2D eigenvalue weighted by molar-refractivity contribution is -0.154. The van der Waals surface area contributed by atoms with E-state index in [0.717, 1.165) is 10.5 Å². The Morgan fingerprint density at radius 2 is 1.51 bits per heavy atom. The van der Waals surface area contributed by atoms with Gasteiger partial charge in [-0.2, -0.15) is 23.1 Å². The largest absolute Gasteiger partial charge is 0.478 e. The van der Waals surface area contributed by atoms with Gasteiger partial charge in [-0.3, -0.25) is 4.72 Å². The van der Waals surface area contributed by atoms with Gasteiger partial charge in [0, 0.05) is 10.6 Å². The zero-order valence-corrected chi connectivity index (χ0v) is 22.4. The van der Waals surface area contributed by atoms with Crippen LogP contribution in [0.25, 0.3) is 0 Å². The average molecular weight is 556 g/mol. The third-order valence-electron chi connectivity index (χ3n) is 4.91. The van der Waals surface area contributed by atoms with Crippen LogP contribution in [0.5, 0.6) is 11.8 Å². The minimum atomic E-state index is -4.50. The van der Waals surface area contributed by atoms with Crippen LogP contribution in [-0.4, -0.2) is 37.8 Å². The molecule has 0 aliphatic heterocycles. The molecule has 0 aliphatic rings. The number of rotatable bonds is 10. The van der Waals surface area contributed by atoms with Crippen LogP contribution in [0.1, 0.15) is 39.1 Å². The fraction of sp³-hybridized carbons (Fsp3) is 0.360. The van der Waals surface area contributed by atoms with E-state index in [0.29, 0.717) is 5.69 Å². The van der Waals surface area contributed by atoms with E-state index < -0.39 is 22.8 Å². The molecule has 12 heteroatoms. The van der Waals surface area contributed by atoms with Crippen molar-refractivity contribution < 1.29 is 31.1 Å². The molecule has 200 valence electrons. The number of sulfonamides is 1. The highest BCUT2D eigenvalue weighted by Crippen LogP contribution is 2.28. The molecule has 37 heavy (non-hydrogen) atoms. The standard InChI is InChI=1S/C25H28F3N3O4S2/c1-5-34-22-14-23(35-16-25(26,27)28)30-21(29-22)15-36-19-10-8-18(9-11-19)31-37(32,33)20-12-6-17(7-13-20)24(2,3)4/h6-14,31H,5,15-16H2,1-4H3. The Balaban J connectivity index is 1.65. The Labute approximate surface area is 218 Å². The highest BCUT2D eigenvalue weighted by Gasteiger charge is 2.29. The molecule has 0 amide bonds. The molecule has 3 rings (SSSR count). The van der Waals surface area contributed by atoms with Crippen LogP contribution in [0, 0.1) is 0 Å². The fourth-order valence-corrected chi connectivity index (χ4v) is 4.89. The SMILES string of the molecule is CCOc1cc(OCC(F)(F)F)nc(CSc2ccc(NS(=O)(=O)c3ccc(C(C)(C)C)cc3)cc2)n1. The van der Waals surface area contributed by atoms with Gasteiger partial charge in [-0.25, -0.2) is 8.42 Å². The van der Waals surface area contributed by atoms with E-state index in [9.17, 15) is 21.6 Å². The number of hydrogen-bond donors (Lipinski definition) is 1. The third-order valence-corrected chi connectivity index (χ3v) is 7.31. The highest BCUT2D eigenvalue weighted by atomic mass is 32.2. The summed E-state index contributed by atoms with van der Waals surface area (Å²) in [5.74, 6) is 0.350. The summed E-state index contributed by atoms with van der Waals surface area (Å²) in [6, 6.07) is 14.7. The molecule has 0 saturated heterocycles. The fourth-order valence-electron chi connectivity index (χ4n) is 3.08. The van der Waals surface area contributed by atoms with Crippen molar-refractivity contribution in [1.82, 2.24) is 9.97 Å². The van der Waals surface area contributed by atoms with E-state index in [-0.39, 0.29) is 40.3 Å². The van der Waals surface area contributed by atoms with Crippen LogP contribution in [-0.2, 0) is 21.2 Å². The molecule has 1 heterocycles. The number of aromatic nitrogens is 2. The summed E-state index contributed by atoms with van der Waals surface area (Å²) in [7, 11) is -3.76. The molecule has 0 saturated carbocycles. The minimum absolute atomic E-state index is 0.0870. The molecule has 1 aromatic heterocycles. The van der Waals surface area contributed by atoms with Crippen LogP contribution in [0.2, 0.25) is 0 Å². The number of benzene rings is 2. The maximum Gasteiger partial charge on any atom is 0.422 e. The van der Waals surface area contributed by atoms with E-state index in [1.54, 1.807) is 55.5 Å². The van der Waals surface area contributed by atoms with Crippen LogP contribution < -0.4 is 14.2 Å². The van der Waals surface area contributed by atoms with Gasteiger partial charge >= 0.3 is 6.18 Å². The van der Waals surface area contributed by atoms with Gasteiger partial charge in [0.05, 0.1) is 23.3 Å². The number of nitrogens with zero attached hydrogens (tertiary/aromatic N) is 2. The number of thioether (sulfide) groups is 1. The van der Waals surface area contributed by atoms with Crippen molar-refractivity contribution in [3.63, 3.8) is 0 Å². The summed E-state index contributed by atoms with van der Waals surface area (Å²) in [4.78, 5) is 9.16. The zero-order valence-electron chi connectivity index (χ0n) is 20.8. The van der Waals surface area contributed by atoms with Crippen molar-refractivity contribution in [3.05, 3.63) is 66.0 Å². The molecular formula is C25H28F3N3O4S2. The lowest BCUT2D eigenvalue weighted by Crippen LogP contribution is -2.20. The Morgan fingerprint density at radius 3 is 2.05 bits per heavy atom. The van der Waals surface area contributed by atoms with Crippen LogP contribution in [0.4, 0.5) is 18.9 Å². The summed E-state index contributed by atoms with van der Waals surface area (Å²) in [6.45, 7) is 6.69.